The number of rotatable bonds is 7. The largest absolute Gasteiger partial charge is 0.394 e. The summed E-state index contributed by atoms with van der Waals surface area (Å²) in [5.74, 6) is 0.309. The molecule has 2 fully saturated rings. The van der Waals surface area contributed by atoms with Gasteiger partial charge in [0.25, 0.3) is 0 Å². The molecule has 30 heavy (non-hydrogen) atoms. The van der Waals surface area contributed by atoms with Crippen molar-refractivity contribution in [3.8, 4) is 0 Å². The van der Waals surface area contributed by atoms with Gasteiger partial charge in [-0.3, -0.25) is 4.79 Å². The van der Waals surface area contributed by atoms with E-state index in [1.54, 1.807) is 24.3 Å². The first-order valence-corrected chi connectivity index (χ1v) is 11.3. The second-order valence-corrected chi connectivity index (χ2v) is 8.62. The Kier molecular flexibility index (Phi) is 8.78. The number of hydrogen-bond donors (Lipinski definition) is 4. The van der Waals surface area contributed by atoms with Crippen LogP contribution in [0.1, 0.15) is 51.4 Å². The fourth-order valence-corrected chi connectivity index (χ4v) is 4.47. The summed E-state index contributed by atoms with van der Waals surface area (Å²) in [7, 11) is 0. The van der Waals surface area contributed by atoms with Crippen LogP contribution in [-0.2, 0) is 9.53 Å². The van der Waals surface area contributed by atoms with Crippen molar-refractivity contribution >= 4 is 29.2 Å². The summed E-state index contributed by atoms with van der Waals surface area (Å²) < 4.78 is 5.98. The van der Waals surface area contributed by atoms with E-state index in [4.69, 9.17) is 16.3 Å². The Balaban J connectivity index is 1.39. The molecule has 1 aliphatic carbocycles. The molecule has 3 amide bonds. The van der Waals surface area contributed by atoms with Gasteiger partial charge < -0.3 is 25.8 Å². The van der Waals surface area contributed by atoms with E-state index in [2.05, 4.69) is 16.0 Å². The van der Waals surface area contributed by atoms with Gasteiger partial charge in [-0.1, -0.05) is 36.9 Å². The Hall–Kier alpha value is -1.83. The van der Waals surface area contributed by atoms with Crippen molar-refractivity contribution < 1.29 is 19.4 Å². The standard InChI is InChI=1S/C22H32ClN3O4/c23-16-7-4-8-17(13-16)25-22(29)26-19-10-9-18(30-20(19)14-27)11-12-24-21(28)15-5-2-1-3-6-15/h4,7-8,13,15,18-20,27H,1-3,5-6,9-12,14H2,(H,24,28)(H2,25,26,29)/t18-,19+,20-/m1/s1. The zero-order valence-corrected chi connectivity index (χ0v) is 18.0. The zero-order chi connectivity index (χ0) is 21.3. The Morgan fingerprint density at radius 3 is 2.67 bits per heavy atom. The fraction of sp³-hybridized carbons (Fsp3) is 0.636. The summed E-state index contributed by atoms with van der Waals surface area (Å²) in [5, 5.41) is 18.9. The van der Waals surface area contributed by atoms with Crippen molar-refractivity contribution in [3.05, 3.63) is 29.3 Å². The molecular weight excluding hydrogens is 406 g/mol. The fourth-order valence-electron chi connectivity index (χ4n) is 4.28. The van der Waals surface area contributed by atoms with Gasteiger partial charge in [0.15, 0.2) is 0 Å². The number of aliphatic hydroxyl groups excluding tert-OH is 1. The number of carbonyl (C=O) groups excluding carboxylic acids is 2. The molecule has 1 saturated heterocycles. The van der Waals surface area contributed by atoms with Crippen molar-refractivity contribution in [1.29, 1.82) is 0 Å². The zero-order valence-electron chi connectivity index (χ0n) is 17.2. The van der Waals surface area contributed by atoms with E-state index < -0.39 is 6.10 Å². The number of benzene rings is 1. The third kappa shape index (κ3) is 6.86. The van der Waals surface area contributed by atoms with Crippen molar-refractivity contribution in [2.24, 2.45) is 5.92 Å². The van der Waals surface area contributed by atoms with Gasteiger partial charge in [0.05, 0.1) is 18.8 Å². The molecule has 3 rings (SSSR count). The molecule has 166 valence electrons. The van der Waals surface area contributed by atoms with Crippen LogP contribution in [0.25, 0.3) is 0 Å². The number of anilines is 1. The predicted molar refractivity (Wildman–Crippen MR) is 117 cm³/mol. The molecule has 2 aliphatic rings. The van der Waals surface area contributed by atoms with Gasteiger partial charge in [0.2, 0.25) is 5.91 Å². The van der Waals surface area contributed by atoms with Crippen molar-refractivity contribution in [3.63, 3.8) is 0 Å². The van der Waals surface area contributed by atoms with Gasteiger partial charge in [-0.05, 0) is 50.3 Å². The van der Waals surface area contributed by atoms with Gasteiger partial charge in [0, 0.05) is 23.2 Å². The topological polar surface area (TPSA) is 99.7 Å². The Labute approximate surface area is 182 Å². The molecule has 0 aromatic heterocycles. The highest BCUT2D eigenvalue weighted by molar-refractivity contribution is 6.30. The van der Waals surface area contributed by atoms with E-state index in [-0.39, 0.29) is 36.6 Å². The molecule has 1 saturated carbocycles. The Morgan fingerprint density at radius 1 is 1.13 bits per heavy atom. The third-order valence-electron chi connectivity index (χ3n) is 5.94. The molecule has 0 spiro atoms. The number of carbonyl (C=O) groups is 2. The van der Waals surface area contributed by atoms with Crippen molar-refractivity contribution in [2.75, 3.05) is 18.5 Å². The first-order valence-electron chi connectivity index (χ1n) is 10.9. The Morgan fingerprint density at radius 2 is 1.93 bits per heavy atom. The normalized spacial score (nSPS) is 24.8. The lowest BCUT2D eigenvalue weighted by atomic mass is 9.88. The van der Waals surface area contributed by atoms with Crippen LogP contribution < -0.4 is 16.0 Å². The molecule has 8 heteroatoms. The van der Waals surface area contributed by atoms with E-state index >= 15 is 0 Å². The van der Waals surface area contributed by atoms with E-state index in [9.17, 15) is 14.7 Å². The number of ether oxygens (including phenoxy) is 1. The average Bonchev–Trinajstić information content (AvgIpc) is 2.75. The minimum absolute atomic E-state index is 0.0390. The Bertz CT molecular complexity index is 711. The molecule has 1 aromatic carbocycles. The van der Waals surface area contributed by atoms with Crippen LogP contribution in [0.3, 0.4) is 0 Å². The molecule has 7 nitrogen and oxygen atoms in total. The first-order chi connectivity index (χ1) is 14.5. The number of aliphatic hydroxyl groups is 1. The maximum Gasteiger partial charge on any atom is 0.319 e. The van der Waals surface area contributed by atoms with Crippen LogP contribution in [0.15, 0.2) is 24.3 Å². The highest BCUT2D eigenvalue weighted by atomic mass is 35.5. The maximum absolute atomic E-state index is 12.3. The lowest BCUT2D eigenvalue weighted by Gasteiger charge is -2.36. The van der Waals surface area contributed by atoms with E-state index in [0.717, 1.165) is 32.1 Å². The third-order valence-corrected chi connectivity index (χ3v) is 6.17. The second kappa shape index (κ2) is 11.5. The summed E-state index contributed by atoms with van der Waals surface area (Å²) in [5.41, 5.74) is 0.601. The van der Waals surface area contributed by atoms with Crippen LogP contribution in [0.5, 0.6) is 0 Å². The van der Waals surface area contributed by atoms with Crippen LogP contribution >= 0.6 is 11.6 Å². The van der Waals surface area contributed by atoms with Crippen LogP contribution in [0, 0.1) is 5.92 Å². The molecule has 1 aromatic rings. The summed E-state index contributed by atoms with van der Waals surface area (Å²) in [6.07, 6.45) is 7.15. The van der Waals surface area contributed by atoms with Gasteiger partial charge in [-0.25, -0.2) is 4.79 Å². The minimum atomic E-state index is -0.470. The molecule has 1 heterocycles. The van der Waals surface area contributed by atoms with E-state index in [1.165, 1.54) is 6.42 Å². The number of hydrogen-bond acceptors (Lipinski definition) is 4. The summed E-state index contributed by atoms with van der Waals surface area (Å²) in [6, 6.07) is 6.28. The molecule has 0 unspecified atom stereocenters. The minimum Gasteiger partial charge on any atom is -0.394 e. The average molecular weight is 438 g/mol. The number of amides is 3. The van der Waals surface area contributed by atoms with Crippen molar-refractivity contribution in [1.82, 2.24) is 10.6 Å². The first kappa shape index (κ1) is 22.8. The molecule has 4 N–H and O–H groups in total. The van der Waals surface area contributed by atoms with Crippen LogP contribution in [0.2, 0.25) is 5.02 Å². The highest BCUT2D eigenvalue weighted by Crippen LogP contribution is 2.24. The molecule has 3 atom stereocenters. The molecule has 0 bridgehead atoms. The quantitative estimate of drug-likeness (QED) is 0.524. The van der Waals surface area contributed by atoms with Gasteiger partial charge in [0.1, 0.15) is 6.10 Å². The molecular formula is C22H32ClN3O4. The highest BCUT2D eigenvalue weighted by Gasteiger charge is 2.32. The summed E-state index contributed by atoms with van der Waals surface area (Å²) in [4.78, 5) is 24.5. The SMILES string of the molecule is O=C(Nc1cccc(Cl)c1)N[C@H]1CC[C@H](CCNC(=O)C2CCCCC2)O[C@@H]1CO. The molecule has 1 aliphatic heterocycles. The summed E-state index contributed by atoms with van der Waals surface area (Å²) in [6.45, 7) is 0.401. The van der Waals surface area contributed by atoms with Crippen molar-refractivity contribution in [2.45, 2.75) is 69.6 Å². The number of halogens is 1. The molecule has 0 radical (unpaired) electrons. The van der Waals surface area contributed by atoms with Gasteiger partial charge in [-0.2, -0.15) is 0 Å². The monoisotopic (exact) mass is 437 g/mol. The van der Waals surface area contributed by atoms with E-state index in [0.29, 0.717) is 30.1 Å². The second-order valence-electron chi connectivity index (χ2n) is 8.19. The number of nitrogens with one attached hydrogen (secondary N) is 3. The summed E-state index contributed by atoms with van der Waals surface area (Å²) >= 11 is 5.94. The smallest absolute Gasteiger partial charge is 0.319 e. The van der Waals surface area contributed by atoms with Gasteiger partial charge >= 0.3 is 6.03 Å². The van der Waals surface area contributed by atoms with E-state index in [1.807, 2.05) is 0 Å². The number of urea groups is 1. The lowest BCUT2D eigenvalue weighted by Crippen LogP contribution is -2.52. The van der Waals surface area contributed by atoms with Crippen LogP contribution in [-0.4, -0.2) is 48.4 Å². The van der Waals surface area contributed by atoms with Gasteiger partial charge in [-0.15, -0.1) is 0 Å². The lowest BCUT2D eigenvalue weighted by molar-refractivity contribution is -0.126. The maximum atomic E-state index is 12.3. The predicted octanol–water partition coefficient (Wildman–Crippen LogP) is 3.46. The van der Waals surface area contributed by atoms with Crippen LogP contribution in [0.4, 0.5) is 10.5 Å².